The van der Waals surface area contributed by atoms with E-state index < -0.39 is 0 Å². The maximum atomic E-state index is 6.52. The SMILES string of the molecule is Cc1ccc2c(c1)oc1c3cc[n+](C)c4c3c(cc21)Oc1cc2ccoc2c(C)c1-4. The smallest absolute Gasteiger partial charge is 0.228 e. The fourth-order valence-corrected chi connectivity index (χ4v) is 4.98. The summed E-state index contributed by atoms with van der Waals surface area (Å²) in [5.74, 6) is 1.72. The van der Waals surface area contributed by atoms with E-state index in [1.807, 2.05) is 6.07 Å². The summed E-state index contributed by atoms with van der Waals surface area (Å²) in [6.45, 7) is 4.18. The molecule has 4 heteroatoms. The molecule has 3 aromatic heterocycles. The number of fused-ring (bicyclic) bond motifs is 7. The van der Waals surface area contributed by atoms with Crippen LogP contribution in [0.3, 0.4) is 0 Å². The van der Waals surface area contributed by atoms with Crippen LogP contribution in [0.1, 0.15) is 11.1 Å². The van der Waals surface area contributed by atoms with Crippen LogP contribution in [0, 0.1) is 13.8 Å². The molecule has 0 atom stereocenters. The number of nitrogens with zero attached hydrogens (tertiary/aromatic N) is 1. The first-order valence-electron chi connectivity index (χ1n) is 10.1. The molecule has 0 aliphatic carbocycles. The molecule has 4 nitrogen and oxygen atoms in total. The van der Waals surface area contributed by atoms with Crippen LogP contribution < -0.4 is 9.30 Å². The molecule has 1 aliphatic heterocycles. The third kappa shape index (κ3) is 1.84. The van der Waals surface area contributed by atoms with Crippen LogP contribution in [0.2, 0.25) is 0 Å². The number of ether oxygens (including phenoxy) is 1. The van der Waals surface area contributed by atoms with Crippen molar-refractivity contribution in [3.63, 3.8) is 0 Å². The summed E-state index contributed by atoms with van der Waals surface area (Å²) in [6.07, 6.45) is 3.83. The van der Waals surface area contributed by atoms with Crippen LogP contribution in [-0.4, -0.2) is 0 Å². The molecule has 0 fully saturated rings. The van der Waals surface area contributed by atoms with Crippen LogP contribution in [-0.2, 0) is 7.05 Å². The van der Waals surface area contributed by atoms with Gasteiger partial charge in [0.25, 0.3) is 0 Å². The van der Waals surface area contributed by atoms with Crippen LogP contribution in [0.5, 0.6) is 11.5 Å². The highest BCUT2D eigenvalue weighted by atomic mass is 16.5. The summed E-state index contributed by atoms with van der Waals surface area (Å²) >= 11 is 0. The second-order valence-electron chi connectivity index (χ2n) is 8.23. The van der Waals surface area contributed by atoms with Gasteiger partial charge in [-0.2, -0.15) is 0 Å². The van der Waals surface area contributed by atoms with E-state index in [4.69, 9.17) is 13.6 Å². The standard InChI is InChI=1S/C26H18NO3/c1-13-4-5-16-18-12-21-23-17(26(18)30-19(16)10-13)6-8-27(3)24(23)22-14(2)25-15(7-9-28-25)11-20(22)29-21/h4-12H,1-3H3/q+1. The lowest BCUT2D eigenvalue weighted by atomic mass is 9.93. The van der Waals surface area contributed by atoms with Gasteiger partial charge in [0.1, 0.15) is 40.7 Å². The Kier molecular flexibility index (Phi) is 2.79. The van der Waals surface area contributed by atoms with Crippen molar-refractivity contribution in [3.8, 4) is 22.8 Å². The summed E-state index contributed by atoms with van der Waals surface area (Å²) in [4.78, 5) is 0. The van der Waals surface area contributed by atoms with Crippen molar-refractivity contribution in [1.29, 1.82) is 0 Å². The molecule has 7 rings (SSSR count). The average Bonchev–Trinajstić information content (AvgIpc) is 3.33. The molecule has 6 aromatic rings. The highest BCUT2D eigenvalue weighted by Crippen LogP contribution is 2.50. The zero-order valence-corrected chi connectivity index (χ0v) is 16.9. The van der Waals surface area contributed by atoms with Crippen molar-refractivity contribution in [3.05, 3.63) is 66.1 Å². The minimum atomic E-state index is 0.861. The molecule has 144 valence electrons. The first-order chi connectivity index (χ1) is 14.6. The number of rotatable bonds is 0. The van der Waals surface area contributed by atoms with E-state index in [2.05, 4.69) is 68.1 Å². The van der Waals surface area contributed by atoms with E-state index in [-0.39, 0.29) is 0 Å². The highest BCUT2D eigenvalue weighted by Gasteiger charge is 2.32. The van der Waals surface area contributed by atoms with Crippen LogP contribution in [0.25, 0.3) is 54.9 Å². The maximum absolute atomic E-state index is 6.52. The summed E-state index contributed by atoms with van der Waals surface area (Å²) in [7, 11) is 2.08. The van der Waals surface area contributed by atoms with Gasteiger partial charge in [-0.25, -0.2) is 4.57 Å². The van der Waals surface area contributed by atoms with E-state index in [0.29, 0.717) is 0 Å². The van der Waals surface area contributed by atoms with Gasteiger partial charge in [0.05, 0.1) is 11.8 Å². The second-order valence-corrected chi connectivity index (χ2v) is 8.23. The predicted octanol–water partition coefficient (Wildman–Crippen LogP) is 6.70. The molecule has 0 radical (unpaired) electrons. The van der Waals surface area contributed by atoms with Crippen molar-refractivity contribution in [2.24, 2.45) is 7.05 Å². The number of aryl methyl sites for hydroxylation is 3. The molecule has 0 spiro atoms. The molecule has 30 heavy (non-hydrogen) atoms. The molecule has 0 N–H and O–H groups in total. The van der Waals surface area contributed by atoms with Gasteiger partial charge in [-0.3, -0.25) is 0 Å². The first kappa shape index (κ1) is 16.1. The van der Waals surface area contributed by atoms with Gasteiger partial charge in [-0.1, -0.05) is 12.1 Å². The first-order valence-corrected chi connectivity index (χ1v) is 10.1. The molecule has 0 saturated heterocycles. The quantitative estimate of drug-likeness (QED) is 0.270. The maximum Gasteiger partial charge on any atom is 0.228 e. The Balaban J connectivity index is 1.70. The Morgan fingerprint density at radius 2 is 1.73 bits per heavy atom. The topological polar surface area (TPSA) is 39.4 Å². The van der Waals surface area contributed by atoms with Gasteiger partial charge in [-0.15, -0.1) is 0 Å². The Labute approximate surface area is 171 Å². The summed E-state index contributed by atoms with van der Waals surface area (Å²) in [6, 6.07) is 14.7. The Hall–Kier alpha value is -3.79. The fourth-order valence-electron chi connectivity index (χ4n) is 4.98. The van der Waals surface area contributed by atoms with Crippen molar-refractivity contribution in [2.45, 2.75) is 13.8 Å². The molecular formula is C26H18NO3+. The van der Waals surface area contributed by atoms with E-state index >= 15 is 0 Å². The summed E-state index contributed by atoms with van der Waals surface area (Å²) in [5, 5.41) is 5.38. The number of furan rings is 2. The summed E-state index contributed by atoms with van der Waals surface area (Å²) < 4.78 is 20.8. The molecule has 0 unspecified atom stereocenters. The monoisotopic (exact) mass is 392 g/mol. The minimum Gasteiger partial charge on any atom is -0.464 e. The van der Waals surface area contributed by atoms with Gasteiger partial charge in [0, 0.05) is 33.2 Å². The number of hydrogen-bond donors (Lipinski definition) is 0. The van der Waals surface area contributed by atoms with Gasteiger partial charge in [0.2, 0.25) is 5.69 Å². The zero-order chi connectivity index (χ0) is 20.1. The number of aromatic nitrogens is 1. The Bertz CT molecular complexity index is 1700. The van der Waals surface area contributed by atoms with E-state index in [9.17, 15) is 0 Å². The lowest BCUT2D eigenvalue weighted by Gasteiger charge is -2.20. The van der Waals surface area contributed by atoms with E-state index in [0.717, 1.165) is 72.0 Å². The normalized spacial score (nSPS) is 12.8. The van der Waals surface area contributed by atoms with E-state index in [1.165, 1.54) is 5.56 Å². The van der Waals surface area contributed by atoms with Crippen LogP contribution in [0.4, 0.5) is 0 Å². The molecule has 1 aliphatic rings. The largest absolute Gasteiger partial charge is 0.464 e. The second kappa shape index (κ2) is 5.22. The number of pyridine rings is 1. The van der Waals surface area contributed by atoms with Crippen LogP contribution in [0.15, 0.2) is 63.8 Å². The molecule has 0 bridgehead atoms. The van der Waals surface area contributed by atoms with E-state index in [1.54, 1.807) is 6.26 Å². The van der Waals surface area contributed by atoms with Gasteiger partial charge < -0.3 is 13.6 Å². The van der Waals surface area contributed by atoms with Gasteiger partial charge in [-0.05, 0) is 43.7 Å². The predicted molar refractivity (Wildman–Crippen MR) is 117 cm³/mol. The van der Waals surface area contributed by atoms with Crippen molar-refractivity contribution >= 4 is 43.7 Å². The van der Waals surface area contributed by atoms with Gasteiger partial charge in [0.15, 0.2) is 6.20 Å². The third-order valence-corrected chi connectivity index (χ3v) is 6.38. The van der Waals surface area contributed by atoms with Crippen molar-refractivity contribution < 1.29 is 18.1 Å². The Morgan fingerprint density at radius 1 is 0.833 bits per heavy atom. The molecule has 3 aromatic carbocycles. The molecular weight excluding hydrogens is 374 g/mol. The van der Waals surface area contributed by atoms with Gasteiger partial charge >= 0.3 is 0 Å². The third-order valence-electron chi connectivity index (χ3n) is 6.38. The molecule has 0 saturated carbocycles. The lowest BCUT2D eigenvalue weighted by Crippen LogP contribution is -2.31. The zero-order valence-electron chi connectivity index (χ0n) is 16.9. The minimum absolute atomic E-state index is 0.861. The summed E-state index contributed by atoms with van der Waals surface area (Å²) in [5.41, 5.74) is 7.18. The Morgan fingerprint density at radius 3 is 2.63 bits per heavy atom. The average molecular weight is 392 g/mol. The molecule has 4 heterocycles. The van der Waals surface area contributed by atoms with Crippen LogP contribution >= 0.6 is 0 Å². The number of benzene rings is 3. The highest BCUT2D eigenvalue weighted by molar-refractivity contribution is 6.20. The fraction of sp³-hybridized carbons (Fsp3) is 0.115. The van der Waals surface area contributed by atoms with Crippen molar-refractivity contribution in [2.75, 3.05) is 0 Å². The molecule has 0 amide bonds. The lowest BCUT2D eigenvalue weighted by molar-refractivity contribution is -0.659. The number of hydrogen-bond acceptors (Lipinski definition) is 3. The van der Waals surface area contributed by atoms with Crippen molar-refractivity contribution in [1.82, 2.24) is 0 Å².